The van der Waals surface area contributed by atoms with Crippen molar-refractivity contribution in [1.82, 2.24) is 0 Å². The first-order valence-electron chi connectivity index (χ1n) is 6.81. The summed E-state index contributed by atoms with van der Waals surface area (Å²) >= 11 is 3.37. The standard InChI is InChI=1S/C14H17BrN2O2/c15-12-3-4-14(17(18)19)13(7-12)16-8-11-6-9-1-2-10(11)5-9/h3-4,7,9-11,16H,1-2,5-6,8H2. The van der Waals surface area contributed by atoms with Gasteiger partial charge in [-0.25, -0.2) is 0 Å². The fourth-order valence-electron chi connectivity index (χ4n) is 3.68. The van der Waals surface area contributed by atoms with Crippen LogP contribution in [-0.2, 0) is 0 Å². The largest absolute Gasteiger partial charge is 0.379 e. The molecule has 1 aromatic carbocycles. The summed E-state index contributed by atoms with van der Waals surface area (Å²) in [5.74, 6) is 2.44. The number of nitrogens with zero attached hydrogens (tertiary/aromatic N) is 1. The second kappa shape index (κ2) is 5.12. The zero-order valence-electron chi connectivity index (χ0n) is 10.6. The summed E-state index contributed by atoms with van der Waals surface area (Å²) in [6.45, 7) is 0.860. The predicted molar refractivity (Wildman–Crippen MR) is 78.2 cm³/mol. The summed E-state index contributed by atoms with van der Waals surface area (Å²) in [6, 6.07) is 5.05. The zero-order valence-corrected chi connectivity index (χ0v) is 12.2. The number of hydrogen-bond donors (Lipinski definition) is 1. The lowest BCUT2D eigenvalue weighted by atomic mass is 9.89. The minimum Gasteiger partial charge on any atom is -0.379 e. The molecule has 0 saturated heterocycles. The highest BCUT2D eigenvalue weighted by molar-refractivity contribution is 9.10. The number of hydrogen-bond acceptors (Lipinski definition) is 3. The highest BCUT2D eigenvalue weighted by Crippen LogP contribution is 2.48. The molecular formula is C14H17BrN2O2. The van der Waals surface area contributed by atoms with Gasteiger partial charge in [-0.2, -0.15) is 0 Å². The van der Waals surface area contributed by atoms with Crippen LogP contribution in [0.3, 0.4) is 0 Å². The molecule has 102 valence electrons. The van der Waals surface area contributed by atoms with E-state index in [2.05, 4.69) is 21.2 Å². The molecule has 19 heavy (non-hydrogen) atoms. The van der Waals surface area contributed by atoms with Crippen molar-refractivity contribution in [2.24, 2.45) is 17.8 Å². The molecule has 0 heterocycles. The highest BCUT2D eigenvalue weighted by Gasteiger charge is 2.39. The second-order valence-electron chi connectivity index (χ2n) is 5.73. The number of benzene rings is 1. The maximum atomic E-state index is 11.0. The fraction of sp³-hybridized carbons (Fsp3) is 0.571. The van der Waals surface area contributed by atoms with E-state index in [4.69, 9.17) is 0 Å². The summed E-state index contributed by atoms with van der Waals surface area (Å²) in [5.41, 5.74) is 0.786. The number of rotatable bonds is 4. The smallest absolute Gasteiger partial charge is 0.292 e. The fourth-order valence-corrected chi connectivity index (χ4v) is 4.04. The van der Waals surface area contributed by atoms with Crippen LogP contribution >= 0.6 is 15.9 Å². The number of halogens is 1. The minimum atomic E-state index is -0.324. The van der Waals surface area contributed by atoms with Crippen LogP contribution in [0, 0.1) is 27.9 Å². The molecule has 2 bridgehead atoms. The van der Waals surface area contributed by atoms with Gasteiger partial charge in [0.1, 0.15) is 5.69 Å². The number of nitrogens with one attached hydrogen (secondary N) is 1. The number of fused-ring (bicyclic) bond motifs is 2. The molecule has 0 aromatic heterocycles. The van der Waals surface area contributed by atoms with Crippen LogP contribution in [0.5, 0.6) is 0 Å². The Morgan fingerprint density at radius 3 is 2.84 bits per heavy atom. The second-order valence-corrected chi connectivity index (χ2v) is 6.65. The van der Waals surface area contributed by atoms with Crippen molar-refractivity contribution in [2.75, 3.05) is 11.9 Å². The van der Waals surface area contributed by atoms with Crippen LogP contribution < -0.4 is 5.32 Å². The Morgan fingerprint density at radius 2 is 2.21 bits per heavy atom. The van der Waals surface area contributed by atoms with E-state index in [-0.39, 0.29) is 10.6 Å². The average Bonchev–Trinajstić information content (AvgIpc) is 2.98. The first-order chi connectivity index (χ1) is 9.13. The third-order valence-electron chi connectivity index (χ3n) is 4.59. The molecule has 0 radical (unpaired) electrons. The van der Waals surface area contributed by atoms with Gasteiger partial charge in [-0.05, 0) is 49.1 Å². The predicted octanol–water partition coefficient (Wildman–Crippen LogP) is 4.21. The van der Waals surface area contributed by atoms with Gasteiger partial charge in [-0.1, -0.05) is 22.4 Å². The van der Waals surface area contributed by atoms with Gasteiger partial charge in [-0.15, -0.1) is 0 Å². The minimum absolute atomic E-state index is 0.159. The quantitative estimate of drug-likeness (QED) is 0.666. The Labute approximate surface area is 120 Å². The molecule has 3 unspecified atom stereocenters. The van der Waals surface area contributed by atoms with Crippen molar-refractivity contribution in [3.63, 3.8) is 0 Å². The molecule has 2 saturated carbocycles. The van der Waals surface area contributed by atoms with Gasteiger partial charge in [-0.3, -0.25) is 10.1 Å². The maximum Gasteiger partial charge on any atom is 0.292 e. The van der Waals surface area contributed by atoms with Gasteiger partial charge in [0.05, 0.1) is 4.92 Å². The van der Waals surface area contributed by atoms with Gasteiger partial charge >= 0.3 is 0 Å². The summed E-state index contributed by atoms with van der Waals surface area (Å²) < 4.78 is 0.869. The van der Waals surface area contributed by atoms with Crippen molar-refractivity contribution < 1.29 is 4.92 Å². The normalized spacial score (nSPS) is 28.6. The highest BCUT2D eigenvalue weighted by atomic mass is 79.9. The van der Waals surface area contributed by atoms with Crippen LogP contribution in [0.15, 0.2) is 22.7 Å². The Hall–Kier alpha value is -1.10. The molecular weight excluding hydrogens is 308 g/mol. The summed E-state index contributed by atoms with van der Waals surface area (Å²) in [6.07, 6.45) is 5.39. The van der Waals surface area contributed by atoms with Gasteiger partial charge in [0.25, 0.3) is 5.69 Å². The molecule has 1 aromatic rings. The van der Waals surface area contributed by atoms with E-state index in [0.29, 0.717) is 11.6 Å². The van der Waals surface area contributed by atoms with E-state index < -0.39 is 0 Å². The number of nitro groups is 1. The molecule has 3 rings (SSSR count). The summed E-state index contributed by atoms with van der Waals surface area (Å²) in [5, 5.41) is 14.3. The van der Waals surface area contributed by atoms with Gasteiger partial charge in [0.2, 0.25) is 0 Å². The third-order valence-corrected chi connectivity index (χ3v) is 5.09. The molecule has 3 atom stereocenters. The average molecular weight is 325 g/mol. The lowest BCUT2D eigenvalue weighted by molar-refractivity contribution is -0.384. The number of anilines is 1. The van der Waals surface area contributed by atoms with Crippen LogP contribution in [0.4, 0.5) is 11.4 Å². The zero-order chi connectivity index (χ0) is 13.4. The maximum absolute atomic E-state index is 11.0. The molecule has 2 aliphatic rings. The number of nitro benzene ring substituents is 1. The lowest BCUT2D eigenvalue weighted by Crippen LogP contribution is -2.20. The van der Waals surface area contributed by atoms with Crippen LogP contribution in [0.1, 0.15) is 25.7 Å². The van der Waals surface area contributed by atoms with Crippen molar-refractivity contribution in [1.29, 1.82) is 0 Å². The lowest BCUT2D eigenvalue weighted by Gasteiger charge is -2.22. The van der Waals surface area contributed by atoms with Crippen LogP contribution in [-0.4, -0.2) is 11.5 Å². The monoisotopic (exact) mass is 324 g/mol. The SMILES string of the molecule is O=[N+]([O-])c1ccc(Br)cc1NCC1CC2CCC1C2. The van der Waals surface area contributed by atoms with Crippen molar-refractivity contribution in [3.05, 3.63) is 32.8 Å². The van der Waals surface area contributed by atoms with E-state index in [1.54, 1.807) is 18.2 Å². The molecule has 0 amide bonds. The van der Waals surface area contributed by atoms with E-state index in [9.17, 15) is 10.1 Å². The van der Waals surface area contributed by atoms with Gasteiger partial charge in [0, 0.05) is 17.1 Å². The Bertz CT molecular complexity index is 506. The Balaban J connectivity index is 1.69. The molecule has 2 fully saturated rings. The molecule has 4 nitrogen and oxygen atoms in total. The summed E-state index contributed by atoms with van der Waals surface area (Å²) in [4.78, 5) is 10.7. The van der Waals surface area contributed by atoms with Crippen molar-refractivity contribution in [2.45, 2.75) is 25.7 Å². The van der Waals surface area contributed by atoms with Crippen LogP contribution in [0.2, 0.25) is 0 Å². The molecule has 0 aliphatic heterocycles. The van der Waals surface area contributed by atoms with Crippen molar-refractivity contribution >= 4 is 27.3 Å². The van der Waals surface area contributed by atoms with Crippen molar-refractivity contribution in [3.8, 4) is 0 Å². The van der Waals surface area contributed by atoms with Crippen LogP contribution in [0.25, 0.3) is 0 Å². The molecule has 5 heteroatoms. The van der Waals surface area contributed by atoms with E-state index in [0.717, 1.165) is 22.9 Å². The summed E-state index contributed by atoms with van der Waals surface area (Å²) in [7, 11) is 0. The molecule has 0 spiro atoms. The molecule has 1 N–H and O–H groups in total. The van der Waals surface area contributed by atoms with Gasteiger partial charge < -0.3 is 5.32 Å². The Morgan fingerprint density at radius 1 is 1.37 bits per heavy atom. The third kappa shape index (κ3) is 2.61. The molecule has 2 aliphatic carbocycles. The van der Waals surface area contributed by atoms with E-state index in [1.165, 1.54) is 25.7 Å². The Kier molecular flexibility index (Phi) is 3.48. The first kappa shape index (κ1) is 12.9. The van der Waals surface area contributed by atoms with Gasteiger partial charge in [0.15, 0.2) is 0 Å². The van der Waals surface area contributed by atoms with E-state index >= 15 is 0 Å². The first-order valence-corrected chi connectivity index (χ1v) is 7.60. The topological polar surface area (TPSA) is 55.2 Å². The van der Waals surface area contributed by atoms with E-state index in [1.807, 2.05) is 0 Å².